The smallest absolute Gasteiger partial charge is 0.348 e. The number of nitrogens with one attached hydrogen (secondary N) is 1. The number of amides is 1. The van der Waals surface area contributed by atoms with Crippen molar-refractivity contribution in [2.75, 3.05) is 25.8 Å². The minimum atomic E-state index is -3.38. The second kappa shape index (κ2) is 7.89. The van der Waals surface area contributed by atoms with Crippen LogP contribution in [0.25, 0.3) is 0 Å². The van der Waals surface area contributed by atoms with Gasteiger partial charge in [0, 0.05) is 11.8 Å². The number of hydrogen-bond donors (Lipinski definition) is 1. The van der Waals surface area contributed by atoms with E-state index in [1.54, 1.807) is 6.92 Å². The summed E-state index contributed by atoms with van der Waals surface area (Å²) >= 11 is 0.890. The van der Waals surface area contributed by atoms with Gasteiger partial charge >= 0.3 is 11.9 Å². The van der Waals surface area contributed by atoms with Crippen LogP contribution in [0.15, 0.2) is 29.2 Å². The Balaban J connectivity index is 2.39. The number of benzene rings is 1. The molecule has 8 nitrogen and oxygen atoms in total. The van der Waals surface area contributed by atoms with Crippen LogP contribution >= 0.6 is 11.3 Å². The molecule has 1 amide bonds. The first-order chi connectivity index (χ1) is 12.6. The van der Waals surface area contributed by atoms with E-state index < -0.39 is 27.7 Å². The number of carbonyl (C=O) groups is 3. The Hall–Kier alpha value is -2.72. The number of carbonyl (C=O) groups excluding carboxylic acids is 3. The lowest BCUT2D eigenvalue weighted by molar-refractivity contribution is 0.0601. The predicted octanol–water partition coefficient (Wildman–Crippen LogP) is 2.29. The van der Waals surface area contributed by atoms with Gasteiger partial charge in [-0.15, -0.1) is 11.3 Å². The van der Waals surface area contributed by atoms with Crippen molar-refractivity contribution in [3.63, 3.8) is 0 Å². The van der Waals surface area contributed by atoms with Crippen LogP contribution in [0.3, 0.4) is 0 Å². The first-order valence-corrected chi connectivity index (χ1v) is 10.2. The Bertz CT molecular complexity index is 1000. The van der Waals surface area contributed by atoms with Crippen molar-refractivity contribution >= 4 is 44.0 Å². The van der Waals surface area contributed by atoms with E-state index in [-0.39, 0.29) is 25.9 Å². The molecule has 0 saturated carbocycles. The van der Waals surface area contributed by atoms with E-state index in [1.807, 2.05) is 0 Å². The monoisotopic (exact) mass is 411 g/mol. The second-order valence-electron chi connectivity index (χ2n) is 5.49. The molecule has 10 heteroatoms. The van der Waals surface area contributed by atoms with Crippen molar-refractivity contribution in [2.24, 2.45) is 0 Å². The van der Waals surface area contributed by atoms with Gasteiger partial charge in [-0.2, -0.15) is 0 Å². The largest absolute Gasteiger partial charge is 0.465 e. The van der Waals surface area contributed by atoms with E-state index in [9.17, 15) is 22.8 Å². The molecule has 144 valence electrons. The molecule has 0 aliphatic carbocycles. The quantitative estimate of drug-likeness (QED) is 0.750. The Morgan fingerprint density at radius 1 is 1.00 bits per heavy atom. The summed E-state index contributed by atoms with van der Waals surface area (Å²) in [5, 5.41) is 2.70. The average molecular weight is 411 g/mol. The Morgan fingerprint density at radius 3 is 2.04 bits per heavy atom. The van der Waals surface area contributed by atoms with Crippen molar-refractivity contribution in [3.8, 4) is 0 Å². The van der Waals surface area contributed by atoms with Gasteiger partial charge in [-0.25, -0.2) is 18.0 Å². The molecule has 0 aliphatic rings. The molecule has 0 radical (unpaired) electrons. The number of thiophene rings is 1. The molecule has 0 atom stereocenters. The van der Waals surface area contributed by atoms with Crippen LogP contribution in [0.5, 0.6) is 0 Å². The summed E-state index contributed by atoms with van der Waals surface area (Å²) in [6.07, 6.45) is 1.06. The van der Waals surface area contributed by atoms with Crippen molar-refractivity contribution in [2.45, 2.75) is 11.8 Å². The lowest BCUT2D eigenvalue weighted by atomic mass is 10.1. The lowest BCUT2D eigenvalue weighted by Crippen LogP contribution is -2.14. The minimum absolute atomic E-state index is 0.0593. The third-order valence-corrected chi connectivity index (χ3v) is 5.99. The topological polar surface area (TPSA) is 116 Å². The van der Waals surface area contributed by atoms with Gasteiger partial charge in [0.15, 0.2) is 9.84 Å². The van der Waals surface area contributed by atoms with Crippen LogP contribution in [0.4, 0.5) is 5.00 Å². The number of sulfone groups is 1. The predicted molar refractivity (Wildman–Crippen MR) is 99.2 cm³/mol. The number of rotatable bonds is 5. The molecule has 0 fully saturated rings. The number of methoxy groups -OCH3 is 2. The zero-order valence-corrected chi connectivity index (χ0v) is 16.6. The highest BCUT2D eigenvalue weighted by Gasteiger charge is 2.27. The van der Waals surface area contributed by atoms with Gasteiger partial charge in [0.05, 0.1) is 24.7 Å². The molecule has 2 aromatic rings. The molecular weight excluding hydrogens is 394 g/mol. The highest BCUT2D eigenvalue weighted by molar-refractivity contribution is 7.90. The molecule has 0 saturated heterocycles. The molecule has 1 aromatic heterocycles. The molecule has 1 N–H and O–H groups in total. The fraction of sp³-hybridized carbons (Fsp3) is 0.235. The molecule has 0 bridgehead atoms. The van der Waals surface area contributed by atoms with E-state index >= 15 is 0 Å². The fourth-order valence-electron chi connectivity index (χ4n) is 2.27. The number of anilines is 1. The van der Waals surface area contributed by atoms with E-state index in [0.29, 0.717) is 5.56 Å². The summed E-state index contributed by atoms with van der Waals surface area (Å²) in [4.78, 5) is 36.7. The van der Waals surface area contributed by atoms with Crippen LogP contribution in [0, 0.1) is 6.92 Å². The summed E-state index contributed by atoms with van der Waals surface area (Å²) in [7, 11) is -0.986. The van der Waals surface area contributed by atoms with Crippen LogP contribution in [0.1, 0.15) is 36.0 Å². The maximum atomic E-state index is 12.5. The Labute approximate surface area is 160 Å². The third-order valence-electron chi connectivity index (χ3n) is 3.68. The summed E-state index contributed by atoms with van der Waals surface area (Å²) in [6.45, 7) is 1.55. The minimum Gasteiger partial charge on any atom is -0.465 e. The summed E-state index contributed by atoms with van der Waals surface area (Å²) < 4.78 is 32.4. The van der Waals surface area contributed by atoms with Gasteiger partial charge in [0.1, 0.15) is 9.88 Å². The van der Waals surface area contributed by atoms with Gasteiger partial charge in [-0.05, 0) is 36.8 Å². The Kier molecular flexibility index (Phi) is 6.01. The van der Waals surface area contributed by atoms with Crippen LogP contribution in [-0.4, -0.2) is 46.7 Å². The molecule has 1 heterocycles. The van der Waals surface area contributed by atoms with E-state index in [2.05, 4.69) is 10.1 Å². The molecular formula is C17H17NO7S2. The van der Waals surface area contributed by atoms with Crippen LogP contribution < -0.4 is 5.32 Å². The molecule has 0 spiro atoms. The van der Waals surface area contributed by atoms with Gasteiger partial charge < -0.3 is 14.8 Å². The van der Waals surface area contributed by atoms with Gasteiger partial charge in [-0.1, -0.05) is 0 Å². The maximum absolute atomic E-state index is 12.5. The highest BCUT2D eigenvalue weighted by atomic mass is 32.2. The molecule has 1 aromatic carbocycles. The highest BCUT2D eigenvalue weighted by Crippen LogP contribution is 2.34. The molecule has 0 unspecified atom stereocenters. The second-order valence-corrected chi connectivity index (χ2v) is 8.53. The van der Waals surface area contributed by atoms with Gasteiger partial charge in [0.2, 0.25) is 0 Å². The van der Waals surface area contributed by atoms with Crippen molar-refractivity contribution in [3.05, 3.63) is 45.8 Å². The number of ether oxygens (including phenoxy) is 2. The standard InChI is InChI=1S/C17H17NO7S2/c1-9-12(16(20)24-2)15(26-13(9)17(21)25-3)18-14(19)10-5-7-11(8-6-10)27(4,22)23/h5-8H,1-4H3,(H,18,19). The third kappa shape index (κ3) is 4.34. The first-order valence-electron chi connectivity index (χ1n) is 7.51. The zero-order chi connectivity index (χ0) is 20.4. The SMILES string of the molecule is COC(=O)c1sc(NC(=O)c2ccc(S(C)(=O)=O)cc2)c(C(=O)OC)c1C. The Morgan fingerprint density at radius 2 is 1.56 bits per heavy atom. The van der Waals surface area contributed by atoms with Crippen LogP contribution in [0.2, 0.25) is 0 Å². The maximum Gasteiger partial charge on any atom is 0.348 e. The lowest BCUT2D eigenvalue weighted by Gasteiger charge is -2.07. The van der Waals surface area contributed by atoms with E-state index in [4.69, 9.17) is 4.74 Å². The van der Waals surface area contributed by atoms with Crippen molar-refractivity contribution < 1.29 is 32.3 Å². The molecule has 0 aliphatic heterocycles. The molecule has 2 rings (SSSR count). The summed E-state index contributed by atoms with van der Waals surface area (Å²) in [5.74, 6) is -1.92. The average Bonchev–Trinajstić information content (AvgIpc) is 2.95. The van der Waals surface area contributed by atoms with Crippen molar-refractivity contribution in [1.82, 2.24) is 0 Å². The zero-order valence-electron chi connectivity index (χ0n) is 15.0. The normalized spacial score (nSPS) is 11.0. The number of esters is 2. The van der Waals surface area contributed by atoms with Crippen molar-refractivity contribution in [1.29, 1.82) is 0 Å². The fourth-order valence-corrected chi connectivity index (χ4v) is 4.00. The van der Waals surface area contributed by atoms with Gasteiger partial charge in [0.25, 0.3) is 5.91 Å². The summed E-state index contributed by atoms with van der Waals surface area (Å²) in [5.41, 5.74) is 0.578. The van der Waals surface area contributed by atoms with E-state index in [0.717, 1.165) is 17.6 Å². The molecule has 27 heavy (non-hydrogen) atoms. The summed E-state index contributed by atoms with van der Waals surface area (Å²) in [6, 6.07) is 5.33. The van der Waals surface area contributed by atoms with Gasteiger partial charge in [-0.3, -0.25) is 4.79 Å². The first kappa shape index (κ1) is 20.6. The van der Waals surface area contributed by atoms with Crippen LogP contribution in [-0.2, 0) is 19.3 Å². The number of hydrogen-bond acceptors (Lipinski definition) is 8. The van der Waals surface area contributed by atoms with E-state index in [1.165, 1.54) is 38.5 Å².